The van der Waals surface area contributed by atoms with Gasteiger partial charge in [0.15, 0.2) is 11.5 Å². The van der Waals surface area contributed by atoms with E-state index in [1.54, 1.807) is 7.11 Å². The number of aryl methyl sites for hydroxylation is 1. The number of aromatic nitrogens is 2. The Morgan fingerprint density at radius 1 is 1.17 bits per heavy atom. The number of methoxy groups -OCH3 is 1. The third-order valence-electron chi connectivity index (χ3n) is 3.91. The molecule has 1 atom stereocenters. The van der Waals surface area contributed by atoms with Gasteiger partial charge in [-0.1, -0.05) is 19.9 Å². The van der Waals surface area contributed by atoms with Gasteiger partial charge in [-0.05, 0) is 43.5 Å². The summed E-state index contributed by atoms with van der Waals surface area (Å²) >= 11 is 0. The zero-order valence-electron chi connectivity index (χ0n) is 15.4. The first-order valence-corrected chi connectivity index (χ1v) is 8.60. The Balaban J connectivity index is 1.99. The minimum Gasteiger partial charge on any atom is -0.493 e. The van der Waals surface area contributed by atoms with Crippen LogP contribution >= 0.6 is 0 Å². The van der Waals surface area contributed by atoms with Gasteiger partial charge in [0.1, 0.15) is 0 Å². The number of ether oxygens (including phenoxy) is 2. The van der Waals surface area contributed by atoms with Gasteiger partial charge < -0.3 is 14.8 Å². The quantitative estimate of drug-likeness (QED) is 0.759. The maximum Gasteiger partial charge on any atom is 0.161 e. The van der Waals surface area contributed by atoms with E-state index in [0.29, 0.717) is 12.5 Å². The molecule has 1 heterocycles. The van der Waals surface area contributed by atoms with Gasteiger partial charge in [-0.3, -0.25) is 4.68 Å². The average molecular weight is 331 g/mol. The van der Waals surface area contributed by atoms with Crippen LogP contribution < -0.4 is 14.8 Å². The molecule has 2 aromatic rings. The smallest absolute Gasteiger partial charge is 0.161 e. The van der Waals surface area contributed by atoms with Crippen LogP contribution in [-0.2, 0) is 13.1 Å². The van der Waals surface area contributed by atoms with Crippen molar-refractivity contribution < 1.29 is 9.47 Å². The van der Waals surface area contributed by atoms with E-state index in [0.717, 1.165) is 30.2 Å². The van der Waals surface area contributed by atoms with Crippen molar-refractivity contribution in [2.75, 3.05) is 13.7 Å². The van der Waals surface area contributed by atoms with Crippen LogP contribution in [0.2, 0.25) is 0 Å². The Morgan fingerprint density at radius 2 is 1.96 bits per heavy atom. The molecule has 5 nitrogen and oxygen atoms in total. The number of benzene rings is 1. The summed E-state index contributed by atoms with van der Waals surface area (Å²) in [5.41, 5.74) is 2.36. The van der Waals surface area contributed by atoms with Crippen molar-refractivity contribution in [3.63, 3.8) is 0 Å². The fraction of sp³-hybridized carbons (Fsp3) is 0.526. The van der Waals surface area contributed by atoms with E-state index in [1.165, 1.54) is 5.69 Å². The maximum absolute atomic E-state index is 5.80. The molecule has 0 saturated heterocycles. The van der Waals surface area contributed by atoms with Crippen LogP contribution in [0.3, 0.4) is 0 Å². The number of rotatable bonds is 9. The second kappa shape index (κ2) is 8.73. The summed E-state index contributed by atoms with van der Waals surface area (Å²) in [6.45, 7) is 10.8. The van der Waals surface area contributed by atoms with E-state index in [-0.39, 0.29) is 6.04 Å². The van der Waals surface area contributed by atoms with E-state index >= 15 is 0 Å². The maximum atomic E-state index is 5.80. The molecule has 1 aromatic carbocycles. The molecular formula is C19H29N3O2. The van der Waals surface area contributed by atoms with Crippen LogP contribution in [0.5, 0.6) is 11.5 Å². The highest BCUT2D eigenvalue weighted by Gasteiger charge is 2.11. The van der Waals surface area contributed by atoms with Crippen molar-refractivity contribution in [2.24, 2.45) is 5.92 Å². The Labute approximate surface area is 145 Å². The SMILES string of the molecule is CCn1nccc1C(C)NCc1ccc(OCC(C)C)c(OC)c1. The van der Waals surface area contributed by atoms with Crippen molar-refractivity contribution >= 4 is 0 Å². The zero-order chi connectivity index (χ0) is 17.5. The van der Waals surface area contributed by atoms with Gasteiger partial charge in [0.05, 0.1) is 19.4 Å². The summed E-state index contributed by atoms with van der Waals surface area (Å²) < 4.78 is 13.3. The summed E-state index contributed by atoms with van der Waals surface area (Å²) in [4.78, 5) is 0. The standard InChI is InChI=1S/C19H29N3O2/c1-6-22-17(9-10-21-22)15(4)20-12-16-7-8-18(19(11-16)23-5)24-13-14(2)3/h7-11,14-15,20H,6,12-13H2,1-5H3. The molecule has 0 amide bonds. The molecule has 1 unspecified atom stereocenters. The minimum absolute atomic E-state index is 0.232. The fourth-order valence-electron chi connectivity index (χ4n) is 2.55. The van der Waals surface area contributed by atoms with E-state index in [2.05, 4.69) is 50.2 Å². The number of hydrogen-bond acceptors (Lipinski definition) is 4. The molecule has 5 heteroatoms. The van der Waals surface area contributed by atoms with Gasteiger partial charge in [-0.25, -0.2) is 0 Å². The lowest BCUT2D eigenvalue weighted by atomic mass is 10.1. The first-order valence-electron chi connectivity index (χ1n) is 8.60. The van der Waals surface area contributed by atoms with Crippen molar-refractivity contribution in [3.05, 3.63) is 41.7 Å². The summed E-state index contributed by atoms with van der Waals surface area (Å²) in [6, 6.07) is 8.39. The molecule has 0 aliphatic carbocycles. The average Bonchev–Trinajstić information content (AvgIpc) is 3.06. The van der Waals surface area contributed by atoms with Crippen LogP contribution in [-0.4, -0.2) is 23.5 Å². The Morgan fingerprint density at radius 3 is 2.62 bits per heavy atom. The van der Waals surface area contributed by atoms with E-state index in [1.807, 2.05) is 23.0 Å². The van der Waals surface area contributed by atoms with Gasteiger partial charge in [0.2, 0.25) is 0 Å². The summed E-state index contributed by atoms with van der Waals surface area (Å²) in [5.74, 6) is 2.06. The highest BCUT2D eigenvalue weighted by Crippen LogP contribution is 2.28. The number of nitrogens with one attached hydrogen (secondary N) is 1. The first-order chi connectivity index (χ1) is 11.5. The topological polar surface area (TPSA) is 48.3 Å². The normalized spacial score (nSPS) is 12.4. The lowest BCUT2D eigenvalue weighted by molar-refractivity contribution is 0.256. The molecular weight excluding hydrogens is 302 g/mol. The summed E-state index contributed by atoms with van der Waals surface area (Å²) in [5, 5.41) is 7.86. The Kier molecular flexibility index (Phi) is 6.67. The molecule has 1 N–H and O–H groups in total. The van der Waals surface area contributed by atoms with Gasteiger partial charge >= 0.3 is 0 Å². The van der Waals surface area contributed by atoms with Crippen LogP contribution in [0, 0.1) is 5.92 Å². The van der Waals surface area contributed by atoms with Crippen LogP contribution in [0.25, 0.3) is 0 Å². The molecule has 0 bridgehead atoms. The van der Waals surface area contributed by atoms with Gasteiger partial charge in [-0.2, -0.15) is 5.10 Å². The molecule has 132 valence electrons. The second-order valence-corrected chi connectivity index (χ2v) is 6.36. The zero-order valence-corrected chi connectivity index (χ0v) is 15.4. The van der Waals surface area contributed by atoms with E-state index < -0.39 is 0 Å². The van der Waals surface area contributed by atoms with Crippen molar-refractivity contribution in [2.45, 2.75) is 46.8 Å². The third-order valence-corrected chi connectivity index (χ3v) is 3.91. The third kappa shape index (κ3) is 4.74. The minimum atomic E-state index is 0.232. The van der Waals surface area contributed by atoms with E-state index in [9.17, 15) is 0 Å². The molecule has 1 aromatic heterocycles. The molecule has 0 spiro atoms. The number of hydrogen-bond donors (Lipinski definition) is 1. The number of nitrogens with zero attached hydrogens (tertiary/aromatic N) is 2. The summed E-state index contributed by atoms with van der Waals surface area (Å²) in [6.07, 6.45) is 1.85. The lowest BCUT2D eigenvalue weighted by Crippen LogP contribution is -2.21. The summed E-state index contributed by atoms with van der Waals surface area (Å²) in [7, 11) is 1.68. The predicted molar refractivity (Wildman–Crippen MR) is 96.5 cm³/mol. The van der Waals surface area contributed by atoms with Gasteiger partial charge in [0.25, 0.3) is 0 Å². The Bertz CT molecular complexity index is 637. The van der Waals surface area contributed by atoms with Gasteiger partial charge in [-0.15, -0.1) is 0 Å². The molecule has 24 heavy (non-hydrogen) atoms. The largest absolute Gasteiger partial charge is 0.493 e. The van der Waals surface area contributed by atoms with Crippen LogP contribution in [0.15, 0.2) is 30.5 Å². The molecule has 0 saturated carbocycles. The fourth-order valence-corrected chi connectivity index (χ4v) is 2.55. The lowest BCUT2D eigenvalue weighted by Gasteiger charge is -2.17. The molecule has 0 radical (unpaired) electrons. The van der Waals surface area contributed by atoms with Crippen LogP contribution in [0.4, 0.5) is 0 Å². The molecule has 0 aliphatic heterocycles. The monoisotopic (exact) mass is 331 g/mol. The first kappa shape index (κ1) is 18.3. The van der Waals surface area contributed by atoms with Crippen molar-refractivity contribution in [1.82, 2.24) is 15.1 Å². The van der Waals surface area contributed by atoms with Crippen LogP contribution in [0.1, 0.15) is 45.0 Å². The Hall–Kier alpha value is -2.01. The van der Waals surface area contributed by atoms with Gasteiger partial charge in [0, 0.05) is 25.3 Å². The van der Waals surface area contributed by atoms with Crippen molar-refractivity contribution in [1.29, 1.82) is 0 Å². The highest BCUT2D eigenvalue weighted by molar-refractivity contribution is 5.43. The second-order valence-electron chi connectivity index (χ2n) is 6.36. The van der Waals surface area contributed by atoms with Crippen molar-refractivity contribution in [3.8, 4) is 11.5 Å². The molecule has 0 aliphatic rings. The van der Waals surface area contributed by atoms with E-state index in [4.69, 9.17) is 9.47 Å². The molecule has 0 fully saturated rings. The predicted octanol–water partition coefficient (Wildman–Crippen LogP) is 3.80. The highest BCUT2D eigenvalue weighted by atomic mass is 16.5. The molecule has 2 rings (SSSR count).